The zero-order chi connectivity index (χ0) is 17.7. The highest BCUT2D eigenvalue weighted by Crippen LogP contribution is 2.13. The minimum absolute atomic E-state index is 0.190. The summed E-state index contributed by atoms with van der Waals surface area (Å²) in [6.07, 6.45) is 0.958. The lowest BCUT2D eigenvalue weighted by Crippen LogP contribution is -2.40. The van der Waals surface area contributed by atoms with Gasteiger partial charge in [-0.25, -0.2) is 0 Å². The molecule has 4 nitrogen and oxygen atoms in total. The standard InChI is InChI=1S/C20H24N2O2/c1-5-14-9-11-17(12-10-14)21-18(23)15-7-6-8-16(13-15)19(24)22-20(2,3)4/h6-13H,5H2,1-4H3,(H,21,23)(H,22,24). The van der Waals surface area contributed by atoms with Gasteiger partial charge in [0, 0.05) is 22.4 Å². The molecule has 0 spiro atoms. The predicted octanol–water partition coefficient (Wildman–Crippen LogP) is 4.03. The smallest absolute Gasteiger partial charge is 0.255 e. The minimum Gasteiger partial charge on any atom is -0.347 e. The Hall–Kier alpha value is -2.62. The fraction of sp³-hybridized carbons (Fsp3) is 0.300. The number of rotatable bonds is 4. The van der Waals surface area contributed by atoms with Crippen molar-refractivity contribution in [2.75, 3.05) is 5.32 Å². The average Bonchev–Trinajstić information content (AvgIpc) is 2.54. The third-order valence-corrected chi connectivity index (χ3v) is 3.50. The van der Waals surface area contributed by atoms with Crippen LogP contribution >= 0.6 is 0 Å². The van der Waals surface area contributed by atoms with E-state index in [0.717, 1.165) is 12.1 Å². The van der Waals surface area contributed by atoms with E-state index < -0.39 is 0 Å². The first kappa shape index (κ1) is 17.7. The summed E-state index contributed by atoms with van der Waals surface area (Å²) in [5.74, 6) is -0.422. The molecule has 0 unspecified atom stereocenters. The topological polar surface area (TPSA) is 58.2 Å². The first-order valence-electron chi connectivity index (χ1n) is 8.11. The highest BCUT2D eigenvalue weighted by atomic mass is 16.2. The van der Waals surface area contributed by atoms with Crippen molar-refractivity contribution < 1.29 is 9.59 Å². The number of hydrogen-bond acceptors (Lipinski definition) is 2. The Balaban J connectivity index is 2.12. The van der Waals surface area contributed by atoms with Crippen LogP contribution in [0.2, 0.25) is 0 Å². The predicted molar refractivity (Wildman–Crippen MR) is 97.4 cm³/mol. The van der Waals surface area contributed by atoms with Crippen molar-refractivity contribution in [2.24, 2.45) is 0 Å². The van der Waals surface area contributed by atoms with Crippen molar-refractivity contribution in [3.63, 3.8) is 0 Å². The molecule has 0 aromatic heterocycles. The van der Waals surface area contributed by atoms with Crippen molar-refractivity contribution >= 4 is 17.5 Å². The second-order valence-corrected chi connectivity index (χ2v) is 6.79. The molecule has 2 aromatic rings. The van der Waals surface area contributed by atoms with Crippen LogP contribution in [0.1, 0.15) is 54.0 Å². The molecule has 2 aromatic carbocycles. The van der Waals surface area contributed by atoms with Gasteiger partial charge >= 0.3 is 0 Å². The molecular formula is C20H24N2O2. The largest absolute Gasteiger partial charge is 0.347 e. The average molecular weight is 324 g/mol. The number of carbonyl (C=O) groups excluding carboxylic acids is 2. The molecule has 0 aliphatic heterocycles. The molecule has 0 saturated heterocycles. The summed E-state index contributed by atoms with van der Waals surface area (Å²) in [6, 6.07) is 14.5. The summed E-state index contributed by atoms with van der Waals surface area (Å²) >= 11 is 0. The van der Waals surface area contributed by atoms with E-state index in [4.69, 9.17) is 0 Å². The fourth-order valence-corrected chi connectivity index (χ4v) is 2.24. The van der Waals surface area contributed by atoms with Crippen LogP contribution in [0, 0.1) is 0 Å². The van der Waals surface area contributed by atoms with Crippen molar-refractivity contribution in [2.45, 2.75) is 39.7 Å². The van der Waals surface area contributed by atoms with Crippen LogP contribution in [-0.2, 0) is 6.42 Å². The van der Waals surface area contributed by atoms with Gasteiger partial charge in [-0.15, -0.1) is 0 Å². The first-order chi connectivity index (χ1) is 11.3. The molecule has 0 fully saturated rings. The van der Waals surface area contributed by atoms with Gasteiger partial charge < -0.3 is 10.6 Å². The number of anilines is 1. The first-order valence-corrected chi connectivity index (χ1v) is 8.11. The number of benzene rings is 2. The highest BCUT2D eigenvalue weighted by Gasteiger charge is 2.16. The SMILES string of the molecule is CCc1ccc(NC(=O)c2cccc(C(=O)NC(C)(C)C)c2)cc1. The Kier molecular flexibility index (Phi) is 5.39. The van der Waals surface area contributed by atoms with Crippen molar-refractivity contribution in [1.29, 1.82) is 0 Å². The van der Waals surface area contributed by atoms with Crippen LogP contribution in [0.3, 0.4) is 0 Å². The zero-order valence-electron chi connectivity index (χ0n) is 14.6. The molecule has 0 atom stereocenters. The molecule has 0 radical (unpaired) electrons. The van der Waals surface area contributed by atoms with Crippen LogP contribution in [0.4, 0.5) is 5.69 Å². The molecule has 24 heavy (non-hydrogen) atoms. The Labute approximate surface area is 143 Å². The van der Waals surface area contributed by atoms with Crippen molar-refractivity contribution in [1.82, 2.24) is 5.32 Å². The molecule has 0 aliphatic carbocycles. The molecule has 0 aliphatic rings. The van der Waals surface area contributed by atoms with Crippen molar-refractivity contribution in [3.8, 4) is 0 Å². The van der Waals surface area contributed by atoms with Crippen LogP contribution in [0.15, 0.2) is 48.5 Å². The summed E-state index contributed by atoms with van der Waals surface area (Å²) in [4.78, 5) is 24.6. The van der Waals surface area contributed by atoms with Gasteiger partial charge in [-0.3, -0.25) is 9.59 Å². The van der Waals surface area contributed by atoms with Gasteiger partial charge in [-0.05, 0) is 63.1 Å². The molecule has 0 bridgehead atoms. The molecule has 126 valence electrons. The molecule has 0 heterocycles. The van der Waals surface area contributed by atoms with Gasteiger partial charge in [0.1, 0.15) is 0 Å². The van der Waals surface area contributed by atoms with Crippen LogP contribution in [0.5, 0.6) is 0 Å². The lowest BCUT2D eigenvalue weighted by atomic mass is 10.1. The Morgan fingerprint density at radius 3 is 2.04 bits per heavy atom. The monoisotopic (exact) mass is 324 g/mol. The highest BCUT2D eigenvalue weighted by molar-refractivity contribution is 6.06. The van der Waals surface area contributed by atoms with E-state index in [9.17, 15) is 9.59 Å². The minimum atomic E-state index is -0.323. The molecule has 4 heteroatoms. The number of carbonyl (C=O) groups is 2. The lowest BCUT2D eigenvalue weighted by molar-refractivity contribution is 0.0919. The summed E-state index contributed by atoms with van der Waals surface area (Å²) in [6.45, 7) is 7.84. The van der Waals surface area contributed by atoms with Gasteiger partial charge in [0.15, 0.2) is 0 Å². The van der Waals surface area contributed by atoms with E-state index in [1.54, 1.807) is 24.3 Å². The summed E-state index contributed by atoms with van der Waals surface area (Å²) in [5.41, 5.74) is 2.56. The van der Waals surface area contributed by atoms with Gasteiger partial charge in [0.2, 0.25) is 0 Å². The van der Waals surface area contributed by atoms with E-state index in [-0.39, 0.29) is 17.4 Å². The van der Waals surface area contributed by atoms with E-state index in [1.165, 1.54) is 5.56 Å². The zero-order valence-corrected chi connectivity index (χ0v) is 14.6. The van der Waals surface area contributed by atoms with Gasteiger partial charge in [0.05, 0.1) is 0 Å². The molecule has 2 rings (SSSR count). The maximum atomic E-state index is 12.4. The second-order valence-electron chi connectivity index (χ2n) is 6.79. The second kappa shape index (κ2) is 7.30. The maximum Gasteiger partial charge on any atom is 0.255 e. The Morgan fingerprint density at radius 1 is 0.917 bits per heavy atom. The van der Waals surface area contributed by atoms with Crippen LogP contribution in [-0.4, -0.2) is 17.4 Å². The number of nitrogens with one attached hydrogen (secondary N) is 2. The van der Waals surface area contributed by atoms with E-state index >= 15 is 0 Å². The van der Waals surface area contributed by atoms with E-state index in [1.807, 2.05) is 45.0 Å². The number of aryl methyl sites for hydroxylation is 1. The number of amides is 2. The third-order valence-electron chi connectivity index (χ3n) is 3.50. The Bertz CT molecular complexity index is 728. The quantitative estimate of drug-likeness (QED) is 0.892. The van der Waals surface area contributed by atoms with E-state index in [2.05, 4.69) is 17.6 Å². The van der Waals surface area contributed by atoms with Crippen LogP contribution in [0.25, 0.3) is 0 Å². The number of hydrogen-bond donors (Lipinski definition) is 2. The van der Waals surface area contributed by atoms with Gasteiger partial charge in [0.25, 0.3) is 11.8 Å². The lowest BCUT2D eigenvalue weighted by Gasteiger charge is -2.20. The summed E-state index contributed by atoms with van der Waals surface area (Å²) in [5, 5.41) is 5.75. The van der Waals surface area contributed by atoms with Crippen molar-refractivity contribution in [3.05, 3.63) is 65.2 Å². The maximum absolute atomic E-state index is 12.4. The summed E-state index contributed by atoms with van der Waals surface area (Å²) < 4.78 is 0. The molecular weight excluding hydrogens is 300 g/mol. The van der Waals surface area contributed by atoms with E-state index in [0.29, 0.717) is 11.1 Å². The van der Waals surface area contributed by atoms with Gasteiger partial charge in [-0.2, -0.15) is 0 Å². The van der Waals surface area contributed by atoms with Gasteiger partial charge in [-0.1, -0.05) is 25.1 Å². The van der Waals surface area contributed by atoms with Crippen LogP contribution < -0.4 is 10.6 Å². The third kappa shape index (κ3) is 4.95. The normalized spacial score (nSPS) is 11.0. The fourth-order valence-electron chi connectivity index (χ4n) is 2.24. The molecule has 2 N–H and O–H groups in total. The molecule has 2 amide bonds. The Morgan fingerprint density at radius 2 is 1.50 bits per heavy atom. The summed E-state index contributed by atoms with van der Waals surface area (Å²) in [7, 11) is 0. The molecule has 0 saturated carbocycles.